The predicted molar refractivity (Wildman–Crippen MR) is 83.1 cm³/mol. The lowest BCUT2D eigenvalue weighted by Crippen LogP contribution is -2.32. The van der Waals surface area contributed by atoms with Gasteiger partial charge in [0.05, 0.1) is 16.0 Å². The largest absolute Gasteiger partial charge is 0.517 e. The van der Waals surface area contributed by atoms with Gasteiger partial charge in [0.1, 0.15) is 0 Å². The third kappa shape index (κ3) is 5.39. The fourth-order valence-corrected chi connectivity index (χ4v) is 1.80. The minimum atomic E-state index is -1.05. The summed E-state index contributed by atoms with van der Waals surface area (Å²) in [6, 6.07) is 4.66. The Kier molecular flexibility index (Phi) is 6.97. The Bertz CT molecular complexity index is 522. The van der Waals surface area contributed by atoms with Crippen LogP contribution in [0.25, 0.3) is 0 Å². The summed E-state index contributed by atoms with van der Waals surface area (Å²) in [4.78, 5) is 23.4. The van der Waals surface area contributed by atoms with Crippen LogP contribution >= 0.6 is 23.2 Å². The molecule has 0 amide bonds. The highest BCUT2D eigenvalue weighted by Gasteiger charge is 2.26. The molecule has 0 aliphatic carbocycles. The molecule has 0 aliphatic rings. The molecule has 1 atom stereocenters. The lowest BCUT2D eigenvalue weighted by Gasteiger charge is -2.22. The molecule has 0 heterocycles. The van der Waals surface area contributed by atoms with Gasteiger partial charge in [0.2, 0.25) is 0 Å². The first kappa shape index (κ1) is 18.6. The van der Waals surface area contributed by atoms with Crippen LogP contribution < -0.4 is 4.74 Å². The van der Waals surface area contributed by atoms with Crippen molar-refractivity contribution in [2.75, 3.05) is 0 Å². The van der Waals surface area contributed by atoms with Crippen molar-refractivity contribution in [3.8, 4) is 5.75 Å². The standard InChI is InChI=1S/C15H18Cl2O5/c1-8(2)13(18)21-14(9(3)4)22-15(19)20-12-10(16)6-5-7-11(12)17/h5-9,14H,1-4H3/t14-/m0/s1. The lowest BCUT2D eigenvalue weighted by molar-refractivity contribution is -0.180. The van der Waals surface area contributed by atoms with E-state index < -0.39 is 18.4 Å². The molecule has 122 valence electrons. The Hall–Kier alpha value is -1.46. The number of halogens is 2. The number of carbonyl (C=O) groups excluding carboxylic acids is 2. The molecule has 0 aromatic heterocycles. The third-order valence-electron chi connectivity index (χ3n) is 2.56. The van der Waals surface area contributed by atoms with Gasteiger partial charge in [-0.25, -0.2) is 4.79 Å². The summed E-state index contributed by atoms with van der Waals surface area (Å²) in [6.45, 7) is 6.85. The van der Waals surface area contributed by atoms with Gasteiger partial charge in [-0.15, -0.1) is 0 Å². The molecular formula is C15H18Cl2O5. The second-order valence-electron chi connectivity index (χ2n) is 5.22. The molecule has 0 unspecified atom stereocenters. The minimum Gasteiger partial charge on any atom is -0.425 e. The number of para-hydroxylation sites is 1. The summed E-state index contributed by atoms with van der Waals surface area (Å²) < 4.78 is 15.1. The van der Waals surface area contributed by atoms with Gasteiger partial charge in [0, 0.05) is 5.92 Å². The maximum atomic E-state index is 11.8. The second kappa shape index (κ2) is 8.25. The van der Waals surface area contributed by atoms with Crippen LogP contribution in [0, 0.1) is 11.8 Å². The fraction of sp³-hybridized carbons (Fsp3) is 0.467. The molecule has 0 saturated heterocycles. The number of hydrogen-bond donors (Lipinski definition) is 0. The fourth-order valence-electron chi connectivity index (χ4n) is 1.33. The highest BCUT2D eigenvalue weighted by Crippen LogP contribution is 2.32. The van der Waals surface area contributed by atoms with E-state index in [9.17, 15) is 9.59 Å². The summed E-state index contributed by atoms with van der Waals surface area (Å²) in [5.41, 5.74) is 0. The highest BCUT2D eigenvalue weighted by atomic mass is 35.5. The van der Waals surface area contributed by atoms with Crippen LogP contribution in [0.5, 0.6) is 5.75 Å². The Morgan fingerprint density at radius 1 is 1.00 bits per heavy atom. The Labute approximate surface area is 139 Å². The van der Waals surface area contributed by atoms with E-state index in [0.717, 1.165) is 0 Å². The second-order valence-corrected chi connectivity index (χ2v) is 6.04. The van der Waals surface area contributed by atoms with Gasteiger partial charge >= 0.3 is 12.1 Å². The van der Waals surface area contributed by atoms with E-state index in [2.05, 4.69) is 0 Å². The zero-order valence-electron chi connectivity index (χ0n) is 12.8. The molecule has 0 N–H and O–H groups in total. The zero-order valence-corrected chi connectivity index (χ0v) is 14.3. The molecule has 0 bridgehead atoms. The zero-order chi connectivity index (χ0) is 16.9. The van der Waals surface area contributed by atoms with Crippen LogP contribution in [-0.4, -0.2) is 18.4 Å². The van der Waals surface area contributed by atoms with Gasteiger partial charge in [-0.3, -0.25) is 4.79 Å². The van der Waals surface area contributed by atoms with E-state index in [-0.39, 0.29) is 27.6 Å². The number of esters is 1. The smallest absolute Gasteiger partial charge is 0.425 e. The van der Waals surface area contributed by atoms with E-state index in [1.165, 1.54) is 12.1 Å². The van der Waals surface area contributed by atoms with Crippen LogP contribution in [0.15, 0.2) is 18.2 Å². The molecule has 0 spiro atoms. The van der Waals surface area contributed by atoms with Gasteiger partial charge in [0.25, 0.3) is 6.29 Å². The van der Waals surface area contributed by atoms with E-state index in [1.54, 1.807) is 33.8 Å². The average Bonchev–Trinajstić information content (AvgIpc) is 2.42. The first-order chi connectivity index (χ1) is 10.2. The van der Waals surface area contributed by atoms with E-state index >= 15 is 0 Å². The Balaban J connectivity index is 2.74. The van der Waals surface area contributed by atoms with Crippen molar-refractivity contribution >= 4 is 35.3 Å². The molecular weight excluding hydrogens is 331 g/mol. The molecule has 22 heavy (non-hydrogen) atoms. The van der Waals surface area contributed by atoms with Gasteiger partial charge in [-0.2, -0.15) is 0 Å². The van der Waals surface area contributed by atoms with Crippen molar-refractivity contribution in [3.05, 3.63) is 28.2 Å². The quantitative estimate of drug-likeness (QED) is 0.438. The Morgan fingerprint density at radius 3 is 2.00 bits per heavy atom. The molecule has 1 aromatic carbocycles. The van der Waals surface area contributed by atoms with Gasteiger partial charge < -0.3 is 14.2 Å². The van der Waals surface area contributed by atoms with Gasteiger partial charge in [-0.05, 0) is 12.1 Å². The van der Waals surface area contributed by atoms with E-state index in [0.29, 0.717) is 0 Å². The summed E-state index contributed by atoms with van der Waals surface area (Å²) in [7, 11) is 0. The summed E-state index contributed by atoms with van der Waals surface area (Å²) in [5.74, 6) is -1.05. The van der Waals surface area contributed by atoms with Crippen molar-refractivity contribution in [2.24, 2.45) is 11.8 Å². The van der Waals surface area contributed by atoms with Crippen LogP contribution in [-0.2, 0) is 14.3 Å². The van der Waals surface area contributed by atoms with Crippen LogP contribution in [0.4, 0.5) is 4.79 Å². The third-order valence-corrected chi connectivity index (χ3v) is 3.16. The number of rotatable bonds is 5. The maximum Gasteiger partial charge on any atom is 0.517 e. The van der Waals surface area contributed by atoms with Crippen LogP contribution in [0.1, 0.15) is 27.7 Å². The highest BCUT2D eigenvalue weighted by molar-refractivity contribution is 6.37. The normalized spacial score (nSPS) is 12.2. The number of ether oxygens (including phenoxy) is 3. The van der Waals surface area contributed by atoms with Crippen molar-refractivity contribution in [1.29, 1.82) is 0 Å². The molecule has 1 aromatic rings. The van der Waals surface area contributed by atoms with Crippen LogP contribution in [0.2, 0.25) is 10.0 Å². The van der Waals surface area contributed by atoms with E-state index in [1.807, 2.05) is 0 Å². The Morgan fingerprint density at radius 2 is 1.55 bits per heavy atom. The minimum absolute atomic E-state index is 0.00599. The molecule has 0 aliphatic heterocycles. The first-order valence-corrected chi connectivity index (χ1v) is 7.51. The molecule has 1 rings (SSSR count). The number of hydrogen-bond acceptors (Lipinski definition) is 5. The molecule has 0 fully saturated rings. The number of carbonyl (C=O) groups is 2. The lowest BCUT2D eigenvalue weighted by atomic mass is 10.2. The predicted octanol–water partition coefficient (Wildman–Crippen LogP) is 4.69. The topological polar surface area (TPSA) is 61.8 Å². The van der Waals surface area contributed by atoms with Crippen molar-refractivity contribution in [3.63, 3.8) is 0 Å². The van der Waals surface area contributed by atoms with E-state index in [4.69, 9.17) is 37.4 Å². The van der Waals surface area contributed by atoms with Crippen molar-refractivity contribution < 1.29 is 23.8 Å². The van der Waals surface area contributed by atoms with Crippen molar-refractivity contribution in [1.82, 2.24) is 0 Å². The summed E-state index contributed by atoms with van der Waals surface area (Å²) >= 11 is 11.8. The maximum absolute atomic E-state index is 11.8. The SMILES string of the molecule is CC(C)C(=O)O[C@@H](OC(=O)Oc1c(Cl)cccc1Cl)C(C)C. The monoisotopic (exact) mass is 348 g/mol. The summed E-state index contributed by atoms with van der Waals surface area (Å²) in [6.07, 6.45) is -2.10. The molecule has 0 saturated carbocycles. The first-order valence-electron chi connectivity index (χ1n) is 6.75. The summed E-state index contributed by atoms with van der Waals surface area (Å²) in [5, 5.41) is 0.342. The number of benzene rings is 1. The average molecular weight is 349 g/mol. The van der Waals surface area contributed by atoms with Crippen LogP contribution in [0.3, 0.4) is 0 Å². The van der Waals surface area contributed by atoms with Gasteiger partial charge in [0.15, 0.2) is 5.75 Å². The molecule has 7 heteroatoms. The molecule has 0 radical (unpaired) electrons. The van der Waals surface area contributed by atoms with Crippen molar-refractivity contribution in [2.45, 2.75) is 34.0 Å². The molecule has 5 nitrogen and oxygen atoms in total. The van der Waals surface area contributed by atoms with Gasteiger partial charge in [-0.1, -0.05) is 57.0 Å².